The molecular weight excluding hydrogens is 1430 g/mol. The number of carbonyl (C=O) groups excluding carboxylic acids is 3. The Balaban J connectivity index is 0.000000170. The van der Waals surface area contributed by atoms with Gasteiger partial charge in [0.1, 0.15) is 17.3 Å². The largest absolute Gasteiger partial charge is 0.393 e. The van der Waals surface area contributed by atoms with Crippen LogP contribution >= 0.6 is 0 Å². The quantitative estimate of drug-likeness (QED) is 0.0957. The molecule has 0 spiro atoms. The van der Waals surface area contributed by atoms with Crippen LogP contribution in [-0.4, -0.2) is 119 Å². The number of nitrogens with zero attached hydrogens (tertiary/aromatic N) is 3. The molecule has 16 aliphatic carbocycles. The van der Waals surface area contributed by atoms with Gasteiger partial charge < -0.3 is 54.5 Å². The number of ether oxygens (including phenoxy) is 8. The standard InChI is InChI=1S/C23H37NO2.C22H33N3O3.C22H35NO3.C22H34O4.8CH4/c1-13-6-7-15-18-16(9-11-22(13,15)4)23(5)10-8-14(24)12-17(23)19-20(18)26-21(2,3)25-19;1-20(2)27-18-15-11-12(24-25-23)7-9-21(15,3)14-8-10-22(4)13(5-6-16(22)26)17(14)19(18)28-20;2*1-20(2)25-18-15-11-12(23)7-9-21(15,3)14-8-10-22(4)13(5-6-16(22)24)17(14)19(18)26-20;;;;;;;;/h14-20H,1,6-12,24H2,2-5H3;12-15,17-19H,5-11H2,1-4H3;12-15,17-19H,5-11,23H2,1-4H3;12-15,17-19,23H,5-11H2,1-4H3;8*1H4/t14-,15?,16?,17?,18?,19-,20-,22-,23-;2*12-,13?,14?,15?,17?,18-,19-,21-,22+;12-,13?,14?,15?,17?,18+,19+,21+,22-;;;;;;;;/m1110......../s1. The first-order valence-electron chi connectivity index (χ1n) is 43.6. The lowest BCUT2D eigenvalue weighted by Gasteiger charge is -2.63. The van der Waals surface area contributed by atoms with Crippen LogP contribution in [0, 0.1) is 138 Å². The molecular formula is C97H171N5O12. The van der Waals surface area contributed by atoms with Crippen molar-refractivity contribution in [3.63, 3.8) is 0 Å². The molecule has 20 fully saturated rings. The lowest BCUT2D eigenvalue weighted by Crippen LogP contribution is -2.63. The predicted molar refractivity (Wildman–Crippen MR) is 458 cm³/mol. The molecule has 0 aromatic carbocycles. The van der Waals surface area contributed by atoms with Crippen LogP contribution in [0.3, 0.4) is 0 Å². The molecule has 0 amide bonds. The highest BCUT2D eigenvalue weighted by molar-refractivity contribution is 5.88. The van der Waals surface area contributed by atoms with Gasteiger partial charge in [0.25, 0.3) is 0 Å². The summed E-state index contributed by atoms with van der Waals surface area (Å²) in [6.45, 7) is 40.0. The van der Waals surface area contributed by atoms with Crippen LogP contribution in [0.25, 0.3) is 10.4 Å². The van der Waals surface area contributed by atoms with E-state index in [4.69, 9.17) is 54.9 Å². The molecule has 20 rings (SSSR count). The maximum Gasteiger partial charge on any atom is 0.163 e. The van der Waals surface area contributed by atoms with Crippen molar-refractivity contribution < 1.29 is 57.4 Å². The van der Waals surface area contributed by atoms with Crippen LogP contribution in [0.2, 0.25) is 0 Å². The zero-order valence-corrected chi connectivity index (χ0v) is 68.1. The van der Waals surface area contributed by atoms with Gasteiger partial charge in [-0.1, -0.05) is 132 Å². The highest BCUT2D eigenvalue weighted by Gasteiger charge is 2.74. The molecule has 0 aromatic heterocycles. The van der Waals surface area contributed by atoms with E-state index in [1.807, 2.05) is 27.7 Å². The fraction of sp³-hybridized carbons (Fsp3) is 0.948. The lowest BCUT2D eigenvalue weighted by atomic mass is 9.43. The molecule has 17 heteroatoms. The topological polar surface area (TPSA) is 246 Å². The van der Waals surface area contributed by atoms with Gasteiger partial charge in [-0.25, -0.2) is 0 Å². The average Bonchev–Trinajstić information content (AvgIpc) is 1.48. The molecule has 17 nitrogen and oxygen atoms in total. The highest BCUT2D eigenvalue weighted by atomic mass is 16.8. The van der Waals surface area contributed by atoms with Gasteiger partial charge in [-0.15, -0.1) is 0 Å². The molecule has 0 radical (unpaired) electrons. The van der Waals surface area contributed by atoms with Crippen molar-refractivity contribution >= 4 is 17.3 Å². The van der Waals surface area contributed by atoms with Crippen molar-refractivity contribution in [2.24, 2.45) is 155 Å². The third kappa shape index (κ3) is 14.3. The fourth-order valence-corrected chi connectivity index (χ4v) is 32.2. The number of Topliss-reactive ketones (excluding diaryl/α,β-unsaturated/α-hetero) is 3. The van der Waals surface area contributed by atoms with Gasteiger partial charge in [-0.3, -0.25) is 14.4 Å². The summed E-state index contributed by atoms with van der Waals surface area (Å²) in [7, 11) is 0. The number of aliphatic hydroxyl groups is 1. The van der Waals surface area contributed by atoms with E-state index >= 15 is 0 Å². The second kappa shape index (κ2) is 32.1. The Hall–Kier alpha value is -2.38. The summed E-state index contributed by atoms with van der Waals surface area (Å²) in [5, 5.41) is 14.5. The molecule has 16 saturated carbocycles. The van der Waals surface area contributed by atoms with E-state index < -0.39 is 23.1 Å². The van der Waals surface area contributed by atoms with Crippen molar-refractivity contribution in [2.45, 2.75) is 446 Å². The van der Waals surface area contributed by atoms with E-state index in [2.05, 4.69) is 99.7 Å². The summed E-state index contributed by atoms with van der Waals surface area (Å²) < 4.78 is 52.4. The minimum Gasteiger partial charge on any atom is -0.393 e. The monoisotopic (exact) mass is 1600 g/mol. The zero-order chi connectivity index (χ0) is 75.3. The van der Waals surface area contributed by atoms with Crippen molar-refractivity contribution in [3.05, 3.63) is 22.6 Å². The summed E-state index contributed by atoms with van der Waals surface area (Å²) in [4.78, 5) is 41.3. The summed E-state index contributed by atoms with van der Waals surface area (Å²) >= 11 is 0. The predicted octanol–water partition coefficient (Wildman–Crippen LogP) is 22.1. The van der Waals surface area contributed by atoms with Crippen LogP contribution in [0.15, 0.2) is 17.3 Å². The second-order valence-corrected chi connectivity index (χ2v) is 43.9. The van der Waals surface area contributed by atoms with Crippen molar-refractivity contribution in [1.82, 2.24) is 0 Å². The maximum atomic E-state index is 12.8. The van der Waals surface area contributed by atoms with Gasteiger partial charge in [-0.05, 0) is 343 Å². The summed E-state index contributed by atoms with van der Waals surface area (Å²) in [6.07, 6.45) is 30.4. The van der Waals surface area contributed by atoms with Gasteiger partial charge in [0.05, 0.1) is 54.9 Å². The van der Waals surface area contributed by atoms with Crippen LogP contribution < -0.4 is 11.5 Å². The Kier molecular flexibility index (Phi) is 26.8. The minimum atomic E-state index is -0.590. The number of fused-ring (bicyclic) bond motifs is 32. The normalized spacial score (nSPS) is 52.9. The minimum absolute atomic E-state index is 0. The number of rotatable bonds is 1. The molecule has 4 aliphatic heterocycles. The van der Waals surface area contributed by atoms with Gasteiger partial charge >= 0.3 is 0 Å². The van der Waals surface area contributed by atoms with E-state index in [-0.39, 0.29) is 153 Å². The van der Waals surface area contributed by atoms with Crippen molar-refractivity contribution in [2.75, 3.05) is 0 Å². The summed E-state index contributed by atoms with van der Waals surface area (Å²) in [6, 6.07) is 0.687. The number of ketones is 3. The fourth-order valence-electron chi connectivity index (χ4n) is 32.2. The van der Waals surface area contributed by atoms with E-state index in [0.717, 1.165) is 134 Å². The van der Waals surface area contributed by atoms with Gasteiger partial charge in [-0.2, -0.15) is 0 Å². The molecule has 656 valence electrons. The first-order valence-corrected chi connectivity index (χ1v) is 43.6. The van der Waals surface area contributed by atoms with Crippen molar-refractivity contribution in [1.29, 1.82) is 0 Å². The van der Waals surface area contributed by atoms with Gasteiger partial charge in [0, 0.05) is 58.5 Å². The second-order valence-electron chi connectivity index (χ2n) is 43.9. The number of azide groups is 1. The van der Waals surface area contributed by atoms with Crippen LogP contribution in [-0.2, 0) is 52.3 Å². The van der Waals surface area contributed by atoms with E-state index in [1.54, 1.807) is 0 Å². The molecule has 5 N–H and O–H groups in total. The third-order valence-electron chi connectivity index (χ3n) is 37.5. The smallest absolute Gasteiger partial charge is 0.163 e. The summed E-state index contributed by atoms with van der Waals surface area (Å²) in [5.74, 6) is 7.51. The number of hydrogen-bond donors (Lipinski definition) is 3. The molecule has 36 atom stereocenters. The number of nitrogens with two attached hydrogens (primary N) is 2. The highest BCUT2D eigenvalue weighted by Crippen LogP contribution is 2.74. The third-order valence-corrected chi connectivity index (χ3v) is 37.5. The van der Waals surface area contributed by atoms with Crippen LogP contribution in [0.1, 0.15) is 350 Å². The number of aliphatic hydroxyl groups excluding tert-OH is 1. The Labute approximate surface area is 694 Å². The number of allylic oxidation sites excluding steroid dienone is 1. The Morgan fingerprint density at radius 1 is 0.333 bits per heavy atom. The van der Waals surface area contributed by atoms with E-state index in [0.29, 0.717) is 129 Å². The Bertz CT molecular complexity index is 3280. The van der Waals surface area contributed by atoms with Crippen LogP contribution in [0.4, 0.5) is 0 Å². The molecule has 0 aromatic rings. The molecule has 114 heavy (non-hydrogen) atoms. The van der Waals surface area contributed by atoms with E-state index in [9.17, 15) is 19.5 Å². The van der Waals surface area contributed by atoms with Gasteiger partial charge in [0.2, 0.25) is 0 Å². The van der Waals surface area contributed by atoms with Crippen LogP contribution in [0.5, 0.6) is 0 Å². The van der Waals surface area contributed by atoms with Gasteiger partial charge in [0.15, 0.2) is 23.1 Å². The number of hydrogen-bond acceptors (Lipinski definition) is 15. The molecule has 0 bridgehead atoms. The first-order chi connectivity index (χ1) is 49.7. The first kappa shape index (κ1) is 95.5. The maximum absolute atomic E-state index is 12.8. The molecule has 16 unspecified atom stereocenters. The molecule has 4 saturated heterocycles. The Morgan fingerprint density at radius 3 is 0.921 bits per heavy atom. The SMILES string of the molecule is C.C.C.C.C.C.C.C.C=C1CCC2C3C(CC[C@]12C)[C@@]1(C)CC[C@@H](N)CC1[C@H]1OC(C)(C)O[C@H]31.CC1(C)O[C@@H]2C3C(CC[C@]4(C)C(=O)CCC34)[C@@]3(C)CC[C@@H](N)CC3[C@H]2O1.CC1(C)O[C@@H]2C3C(CC[C@]4(C)C(=O)CCC34)[C@@]3(C)CC[C@@H](N=[N+]=[N-])CC3[C@H]2O1.CC1(C)O[C@@H]2C3C(CC[C@]4(C)C(=O)CCC34)[C@@]3(C)CC[C@H](O)CC3[C@H]2O1. The molecule has 4 heterocycles. The lowest BCUT2D eigenvalue weighted by molar-refractivity contribution is -0.186. The zero-order valence-electron chi connectivity index (χ0n) is 68.1. The Morgan fingerprint density at radius 2 is 0.596 bits per heavy atom. The van der Waals surface area contributed by atoms with E-state index in [1.165, 1.54) is 56.9 Å². The number of carbonyl (C=O) groups is 3. The van der Waals surface area contributed by atoms with Crippen molar-refractivity contribution in [3.8, 4) is 0 Å². The average molecular weight is 1600 g/mol. The summed E-state index contributed by atoms with van der Waals surface area (Å²) in [5.41, 5.74) is 24.2. The molecule has 20 aliphatic rings.